The van der Waals surface area contributed by atoms with E-state index < -0.39 is 5.91 Å². The molecule has 3 rings (SSSR count). The fourth-order valence-corrected chi connectivity index (χ4v) is 5.12. The average Bonchev–Trinajstić information content (AvgIpc) is 2.99. The van der Waals surface area contributed by atoms with Crippen molar-refractivity contribution in [2.24, 2.45) is 0 Å². The fraction of sp³-hybridized carbons (Fsp3) is 0.190. The van der Waals surface area contributed by atoms with Gasteiger partial charge >= 0.3 is 160 Å². The zero-order chi connectivity index (χ0) is 18.4. The van der Waals surface area contributed by atoms with Gasteiger partial charge in [0.05, 0.1) is 0 Å². The number of para-hydroxylation sites is 1. The number of nitrogens with one attached hydrogen (secondary N) is 2. The van der Waals surface area contributed by atoms with Crippen LogP contribution in [0.5, 0.6) is 0 Å². The predicted molar refractivity (Wildman–Crippen MR) is 106 cm³/mol. The summed E-state index contributed by atoms with van der Waals surface area (Å²) in [4.78, 5) is 14.5. The molecule has 0 fully saturated rings. The number of carbonyl (C=O) groups excluding carboxylic acids is 1. The third kappa shape index (κ3) is 4.66. The molecule has 26 heavy (non-hydrogen) atoms. The molecule has 0 aliphatic heterocycles. The Morgan fingerprint density at radius 2 is 1.96 bits per heavy atom. The molecule has 133 valence electrons. The number of hydrogen-bond acceptors (Lipinski definition) is 2. The van der Waals surface area contributed by atoms with Gasteiger partial charge in [0.1, 0.15) is 0 Å². The predicted octanol–water partition coefficient (Wildman–Crippen LogP) is 3.86. The Morgan fingerprint density at radius 1 is 1.19 bits per heavy atom. The third-order valence-corrected chi connectivity index (χ3v) is 6.73. The van der Waals surface area contributed by atoms with E-state index in [9.17, 15) is 4.79 Å². The van der Waals surface area contributed by atoms with E-state index in [0.717, 1.165) is 17.2 Å². The maximum atomic E-state index is 11.0. The van der Waals surface area contributed by atoms with Crippen LogP contribution in [0.2, 0.25) is 5.21 Å². The van der Waals surface area contributed by atoms with Crippen molar-refractivity contribution >= 4 is 38.6 Å². The molecule has 0 unspecified atom stereocenters. The topological polar surface area (TPSA) is 65.1 Å². The molecule has 0 saturated carbocycles. The molecule has 0 aliphatic carbocycles. The van der Waals surface area contributed by atoms with Crippen LogP contribution in [-0.2, 0) is 16.4 Å². The van der Waals surface area contributed by atoms with Gasteiger partial charge in [-0.1, -0.05) is 0 Å². The summed E-state index contributed by atoms with van der Waals surface area (Å²) >= 11 is 0.262. The minimum atomic E-state index is -0.522. The van der Waals surface area contributed by atoms with Gasteiger partial charge in [0, 0.05) is 0 Å². The first-order valence-corrected chi connectivity index (χ1v) is 11.2. The van der Waals surface area contributed by atoms with Gasteiger partial charge in [-0.3, -0.25) is 0 Å². The summed E-state index contributed by atoms with van der Waals surface area (Å²) in [5, 5.41) is 12.2. The molecule has 0 bridgehead atoms. The van der Waals surface area contributed by atoms with Crippen LogP contribution in [0.15, 0.2) is 54.6 Å². The molecule has 0 aliphatic rings. The molecule has 5 heteroatoms. The van der Waals surface area contributed by atoms with Crippen molar-refractivity contribution in [1.29, 1.82) is 0 Å². The first kappa shape index (κ1) is 18.5. The number of aromatic nitrogens is 1. The Bertz CT molecular complexity index is 913. The van der Waals surface area contributed by atoms with E-state index in [2.05, 4.69) is 48.3 Å². The fourth-order valence-electron chi connectivity index (χ4n) is 3.00. The second-order valence-electron chi connectivity index (χ2n) is 6.18. The quantitative estimate of drug-likeness (QED) is 0.182. The standard InChI is InChI=1S/C21H22AsN2O2/c1-15-18(19-4-2-3-5-20(19)23-15)12-13-22-14-17-8-6-16(7-9-17)10-11-21(25)24-26/h2-11,23,26H,12-14H2,1H3,(H,24,25). The van der Waals surface area contributed by atoms with Crippen LogP contribution in [0.4, 0.5) is 0 Å². The summed E-state index contributed by atoms with van der Waals surface area (Å²) in [6.07, 6.45) is 4.13. The van der Waals surface area contributed by atoms with E-state index in [4.69, 9.17) is 5.21 Å². The van der Waals surface area contributed by atoms with E-state index in [0.29, 0.717) is 0 Å². The Balaban J connectivity index is 1.51. The molecule has 1 amide bonds. The van der Waals surface area contributed by atoms with Crippen molar-refractivity contribution in [3.05, 3.63) is 77.0 Å². The van der Waals surface area contributed by atoms with Crippen LogP contribution >= 0.6 is 0 Å². The molecule has 0 saturated heterocycles. The Morgan fingerprint density at radius 3 is 2.73 bits per heavy atom. The second kappa shape index (κ2) is 8.88. The number of aromatic amines is 1. The number of rotatable bonds is 7. The van der Waals surface area contributed by atoms with Crippen molar-refractivity contribution in [2.75, 3.05) is 0 Å². The van der Waals surface area contributed by atoms with E-state index in [1.165, 1.54) is 39.0 Å². The third-order valence-electron chi connectivity index (χ3n) is 4.36. The molecule has 0 spiro atoms. The first-order valence-electron chi connectivity index (χ1n) is 8.58. The molecule has 1 heterocycles. The number of amides is 1. The van der Waals surface area contributed by atoms with E-state index >= 15 is 0 Å². The van der Waals surface area contributed by atoms with Crippen molar-refractivity contribution in [1.82, 2.24) is 10.5 Å². The molecule has 1 radical (unpaired) electrons. The molecule has 2 aromatic carbocycles. The Hall–Kier alpha value is -2.29. The van der Waals surface area contributed by atoms with Gasteiger partial charge in [0.2, 0.25) is 0 Å². The number of hydroxylamine groups is 1. The molecule has 1 aromatic heterocycles. The number of fused-ring (bicyclic) bond motifs is 1. The molecular formula is C21H22AsN2O2. The number of aryl methyl sites for hydroxylation is 2. The van der Waals surface area contributed by atoms with E-state index in [1.54, 1.807) is 11.6 Å². The van der Waals surface area contributed by atoms with Crippen LogP contribution in [0, 0.1) is 6.92 Å². The van der Waals surface area contributed by atoms with Crippen molar-refractivity contribution < 1.29 is 10.0 Å². The van der Waals surface area contributed by atoms with Crippen LogP contribution in [-0.4, -0.2) is 31.9 Å². The summed E-state index contributed by atoms with van der Waals surface area (Å²) in [7, 11) is 0. The first-order chi connectivity index (χ1) is 12.7. The summed E-state index contributed by atoms with van der Waals surface area (Å²) in [6, 6.07) is 16.7. The van der Waals surface area contributed by atoms with Crippen LogP contribution in [0.25, 0.3) is 17.0 Å². The van der Waals surface area contributed by atoms with Crippen molar-refractivity contribution in [2.45, 2.75) is 23.8 Å². The molecule has 4 nitrogen and oxygen atoms in total. The zero-order valence-corrected chi connectivity index (χ0v) is 16.6. The zero-order valence-electron chi connectivity index (χ0n) is 14.7. The molecule has 3 aromatic rings. The number of carbonyl (C=O) groups is 1. The summed E-state index contributed by atoms with van der Waals surface area (Å²) in [6.45, 7) is 2.16. The van der Waals surface area contributed by atoms with Crippen molar-refractivity contribution in [3.63, 3.8) is 0 Å². The van der Waals surface area contributed by atoms with Crippen LogP contribution in [0.3, 0.4) is 0 Å². The van der Waals surface area contributed by atoms with Gasteiger partial charge in [0.15, 0.2) is 0 Å². The van der Waals surface area contributed by atoms with Gasteiger partial charge in [-0.25, -0.2) is 0 Å². The van der Waals surface area contributed by atoms with Crippen molar-refractivity contribution in [3.8, 4) is 0 Å². The normalized spacial score (nSPS) is 11.8. The van der Waals surface area contributed by atoms with Gasteiger partial charge < -0.3 is 0 Å². The summed E-state index contributed by atoms with van der Waals surface area (Å²) < 4.78 is 0. The maximum absolute atomic E-state index is 11.0. The van der Waals surface area contributed by atoms with E-state index in [1.807, 2.05) is 12.1 Å². The molecule has 3 N–H and O–H groups in total. The Kier molecular flexibility index (Phi) is 6.32. The average molecular weight is 409 g/mol. The molecule has 0 atom stereocenters. The monoisotopic (exact) mass is 409 g/mol. The van der Waals surface area contributed by atoms with E-state index in [-0.39, 0.29) is 15.8 Å². The molecular weight excluding hydrogens is 387 g/mol. The summed E-state index contributed by atoms with van der Waals surface area (Å²) in [5.74, 6) is -0.522. The minimum absolute atomic E-state index is 0.262. The van der Waals surface area contributed by atoms with Crippen LogP contribution in [0.1, 0.15) is 22.4 Å². The van der Waals surface area contributed by atoms with Gasteiger partial charge in [0.25, 0.3) is 0 Å². The number of H-pyrrole nitrogens is 1. The van der Waals surface area contributed by atoms with Gasteiger partial charge in [-0.2, -0.15) is 0 Å². The number of hydrogen-bond donors (Lipinski definition) is 3. The van der Waals surface area contributed by atoms with Gasteiger partial charge in [-0.05, 0) is 0 Å². The SMILES string of the molecule is Cc1[nH]c2ccccc2c1CC[As]Cc1ccc(C=CC(=O)NO)cc1. The number of benzene rings is 2. The second-order valence-corrected chi connectivity index (χ2v) is 8.72. The summed E-state index contributed by atoms with van der Waals surface area (Å²) in [5.41, 5.74) is 7.84. The van der Waals surface area contributed by atoms with Gasteiger partial charge in [-0.15, -0.1) is 0 Å². The van der Waals surface area contributed by atoms with Crippen LogP contribution < -0.4 is 5.48 Å². The Labute approximate surface area is 160 Å².